The highest BCUT2D eigenvalue weighted by Gasteiger charge is 2.22. The van der Waals surface area contributed by atoms with Gasteiger partial charge in [0.25, 0.3) is 0 Å². The smallest absolute Gasteiger partial charge is 0.220 e. The number of nitrogens with one attached hydrogen (secondary N) is 5. The molecule has 0 aliphatic carbocycles. The summed E-state index contributed by atoms with van der Waals surface area (Å²) in [6, 6.07) is 18.5. The fourth-order valence-electron chi connectivity index (χ4n) is 6.11. The van der Waals surface area contributed by atoms with Crippen molar-refractivity contribution in [3.63, 3.8) is 0 Å². The van der Waals surface area contributed by atoms with Crippen molar-refractivity contribution < 1.29 is 18.7 Å². The number of carbonyl (C=O) groups excluding carboxylic acids is 2. The Balaban J connectivity index is 1.17. The molecule has 0 bridgehead atoms. The Hall–Kier alpha value is -4.22. The van der Waals surface area contributed by atoms with E-state index in [0.717, 1.165) is 24.0 Å². The molecular weight excluding hydrogens is 654 g/mol. The number of aromatic nitrogens is 1. The third-order valence-electron chi connectivity index (χ3n) is 8.67. The molecule has 0 unspecified atom stereocenters. The SMILES string of the molecule is COc1cc(-c2nccc(-c3cccc(Nc4cccc(CNC[C@@H]5CCC(=O)N5)c4F)c3Cl)c2Cl)ccc1CNC[C@H]1CCC(=O)N1. The first kappa shape index (κ1) is 33.7. The highest BCUT2D eigenvalue weighted by atomic mass is 35.5. The highest BCUT2D eigenvalue weighted by Crippen LogP contribution is 2.42. The summed E-state index contributed by atoms with van der Waals surface area (Å²) >= 11 is 13.9. The van der Waals surface area contributed by atoms with E-state index in [2.05, 4.69) is 31.6 Å². The minimum Gasteiger partial charge on any atom is -0.496 e. The van der Waals surface area contributed by atoms with Crippen LogP contribution in [0.3, 0.4) is 0 Å². The summed E-state index contributed by atoms with van der Waals surface area (Å²) in [6.07, 6.45) is 4.38. The largest absolute Gasteiger partial charge is 0.496 e. The van der Waals surface area contributed by atoms with Crippen LogP contribution in [0, 0.1) is 5.82 Å². The minimum atomic E-state index is -0.385. The van der Waals surface area contributed by atoms with Crippen molar-refractivity contribution >= 4 is 46.4 Å². The summed E-state index contributed by atoms with van der Waals surface area (Å²) in [5.41, 5.74) is 4.97. The molecule has 12 heteroatoms. The third-order valence-corrected chi connectivity index (χ3v) is 9.46. The lowest BCUT2D eigenvalue weighted by Gasteiger charge is -2.17. The first-order valence-corrected chi connectivity index (χ1v) is 16.7. The fourth-order valence-corrected chi connectivity index (χ4v) is 6.71. The molecule has 2 saturated heterocycles. The molecule has 4 aromatic rings. The zero-order valence-corrected chi connectivity index (χ0v) is 28.0. The molecule has 250 valence electrons. The van der Waals surface area contributed by atoms with Gasteiger partial charge in [-0.3, -0.25) is 14.6 Å². The maximum Gasteiger partial charge on any atom is 0.220 e. The quantitative estimate of drug-likeness (QED) is 0.111. The van der Waals surface area contributed by atoms with E-state index in [4.69, 9.17) is 27.9 Å². The lowest BCUT2D eigenvalue weighted by atomic mass is 10.0. The number of rotatable bonds is 13. The van der Waals surface area contributed by atoms with E-state index in [1.165, 1.54) is 0 Å². The first-order chi connectivity index (χ1) is 23.3. The van der Waals surface area contributed by atoms with Crippen LogP contribution < -0.4 is 31.3 Å². The Morgan fingerprint density at radius 2 is 1.48 bits per heavy atom. The third kappa shape index (κ3) is 7.73. The van der Waals surface area contributed by atoms with Gasteiger partial charge in [-0.25, -0.2) is 4.39 Å². The lowest BCUT2D eigenvalue weighted by Crippen LogP contribution is -2.35. The van der Waals surface area contributed by atoms with E-state index in [-0.39, 0.29) is 29.7 Å². The molecule has 5 N–H and O–H groups in total. The Morgan fingerprint density at radius 1 is 0.833 bits per heavy atom. The topological polar surface area (TPSA) is 116 Å². The lowest BCUT2D eigenvalue weighted by molar-refractivity contribution is -0.120. The van der Waals surface area contributed by atoms with Crippen LogP contribution in [0.5, 0.6) is 5.75 Å². The molecule has 3 aromatic carbocycles. The normalized spacial score (nSPS) is 17.3. The summed E-state index contributed by atoms with van der Waals surface area (Å²) in [4.78, 5) is 27.5. The van der Waals surface area contributed by atoms with Crippen LogP contribution in [0.2, 0.25) is 10.0 Å². The van der Waals surface area contributed by atoms with Crippen LogP contribution in [0.25, 0.3) is 22.4 Å². The molecular formula is C36H37Cl2FN6O3. The molecule has 0 saturated carbocycles. The molecule has 2 fully saturated rings. The Morgan fingerprint density at radius 3 is 2.15 bits per heavy atom. The van der Waals surface area contributed by atoms with Gasteiger partial charge in [0.2, 0.25) is 11.8 Å². The van der Waals surface area contributed by atoms with Crippen molar-refractivity contribution in [3.05, 3.63) is 93.8 Å². The number of amides is 2. The molecule has 2 atom stereocenters. The van der Waals surface area contributed by atoms with Gasteiger partial charge in [0.05, 0.1) is 34.2 Å². The van der Waals surface area contributed by atoms with Crippen molar-refractivity contribution in [3.8, 4) is 28.1 Å². The van der Waals surface area contributed by atoms with E-state index < -0.39 is 0 Å². The van der Waals surface area contributed by atoms with Gasteiger partial charge < -0.3 is 31.3 Å². The number of halogens is 3. The van der Waals surface area contributed by atoms with Crippen molar-refractivity contribution in [1.29, 1.82) is 0 Å². The van der Waals surface area contributed by atoms with Gasteiger partial charge in [-0.2, -0.15) is 0 Å². The maximum atomic E-state index is 15.6. The van der Waals surface area contributed by atoms with E-state index in [1.54, 1.807) is 43.6 Å². The molecule has 2 amide bonds. The summed E-state index contributed by atoms with van der Waals surface area (Å²) in [5, 5.41) is 16.5. The average molecular weight is 692 g/mol. The van der Waals surface area contributed by atoms with Gasteiger partial charge in [-0.15, -0.1) is 0 Å². The molecule has 1 aromatic heterocycles. The second kappa shape index (κ2) is 15.3. The van der Waals surface area contributed by atoms with Crippen LogP contribution in [0.15, 0.2) is 66.9 Å². The molecule has 9 nitrogen and oxygen atoms in total. The molecule has 6 rings (SSSR count). The second-order valence-corrected chi connectivity index (χ2v) is 12.7. The molecule has 3 heterocycles. The predicted octanol–water partition coefficient (Wildman–Crippen LogP) is 6.35. The number of carbonyl (C=O) groups is 2. The number of anilines is 2. The van der Waals surface area contributed by atoms with Gasteiger partial charge in [0, 0.05) is 85.1 Å². The average Bonchev–Trinajstić information content (AvgIpc) is 3.70. The molecule has 0 spiro atoms. The van der Waals surface area contributed by atoms with Gasteiger partial charge in [0.1, 0.15) is 5.75 Å². The van der Waals surface area contributed by atoms with Crippen molar-refractivity contribution in [1.82, 2.24) is 26.3 Å². The van der Waals surface area contributed by atoms with Crippen LogP contribution in [0.4, 0.5) is 15.8 Å². The van der Waals surface area contributed by atoms with Gasteiger partial charge in [-0.1, -0.05) is 59.6 Å². The number of benzene rings is 3. The van der Waals surface area contributed by atoms with Crippen molar-refractivity contribution in [2.24, 2.45) is 0 Å². The van der Waals surface area contributed by atoms with E-state index in [9.17, 15) is 9.59 Å². The van der Waals surface area contributed by atoms with Gasteiger partial charge in [0.15, 0.2) is 5.82 Å². The van der Waals surface area contributed by atoms with Crippen LogP contribution in [-0.4, -0.2) is 49.1 Å². The van der Waals surface area contributed by atoms with E-state index >= 15 is 4.39 Å². The van der Waals surface area contributed by atoms with E-state index in [1.807, 2.05) is 30.3 Å². The minimum absolute atomic E-state index is 0.0505. The number of ether oxygens (including phenoxy) is 1. The van der Waals surface area contributed by atoms with Crippen LogP contribution in [-0.2, 0) is 22.7 Å². The Bertz CT molecular complexity index is 1820. The van der Waals surface area contributed by atoms with Crippen molar-refractivity contribution in [2.45, 2.75) is 50.9 Å². The second-order valence-electron chi connectivity index (χ2n) is 12.0. The first-order valence-electron chi connectivity index (χ1n) is 16.0. The number of hydrogen-bond acceptors (Lipinski definition) is 7. The predicted molar refractivity (Wildman–Crippen MR) is 187 cm³/mol. The molecule has 48 heavy (non-hydrogen) atoms. The summed E-state index contributed by atoms with van der Waals surface area (Å²) in [5.74, 6) is 0.447. The molecule has 0 radical (unpaired) electrons. The van der Waals surface area contributed by atoms with Gasteiger partial charge in [-0.05, 0) is 37.1 Å². The van der Waals surface area contributed by atoms with E-state index in [0.29, 0.717) is 88.6 Å². The zero-order chi connectivity index (χ0) is 33.6. The number of nitrogens with zero attached hydrogens (tertiary/aromatic N) is 1. The fraction of sp³-hybridized carbons (Fsp3) is 0.306. The maximum absolute atomic E-state index is 15.6. The Kier molecular flexibility index (Phi) is 10.8. The van der Waals surface area contributed by atoms with Crippen molar-refractivity contribution in [2.75, 3.05) is 25.5 Å². The summed E-state index contributed by atoms with van der Waals surface area (Å²) in [7, 11) is 1.62. The summed E-state index contributed by atoms with van der Waals surface area (Å²) in [6.45, 7) is 2.14. The summed E-state index contributed by atoms with van der Waals surface area (Å²) < 4.78 is 21.3. The Labute approximate surface area is 289 Å². The number of methoxy groups -OCH3 is 1. The van der Waals surface area contributed by atoms with Crippen LogP contribution >= 0.6 is 23.2 Å². The standard InChI is InChI=1S/C36H37Cl2FN6O3/c1-48-30-16-21(8-9-22(30)17-40-19-24-10-12-31(46)43-24)36-34(38)27(14-15-42-36)26-5-3-6-28(33(26)37)45-29-7-2-4-23(35(29)39)18-41-20-25-11-13-32(47)44-25/h2-9,14-16,24-25,40-41,45H,10-13,17-20H2,1H3,(H,43,46)(H,44,47)/t24-,25+/m1/s1. The zero-order valence-electron chi connectivity index (χ0n) is 26.5. The molecule has 2 aliphatic rings. The molecule has 2 aliphatic heterocycles. The highest BCUT2D eigenvalue weighted by molar-refractivity contribution is 6.39. The van der Waals surface area contributed by atoms with Gasteiger partial charge >= 0.3 is 0 Å². The number of hydrogen-bond donors (Lipinski definition) is 5. The van der Waals surface area contributed by atoms with Crippen LogP contribution in [0.1, 0.15) is 36.8 Å². The monoisotopic (exact) mass is 690 g/mol. The number of pyridine rings is 1.